The molecule has 9 heteroatoms. The van der Waals surface area contributed by atoms with Crippen molar-refractivity contribution in [3.05, 3.63) is 0 Å². The van der Waals surface area contributed by atoms with Crippen LogP contribution in [0.2, 0.25) is 0 Å². The van der Waals surface area contributed by atoms with Crippen molar-refractivity contribution in [1.82, 2.24) is 0 Å². The number of carboxylic acid groups (broad SMARTS) is 2. The Morgan fingerprint density at radius 1 is 0.929 bits per heavy atom. The van der Waals surface area contributed by atoms with Crippen molar-refractivity contribution in [1.29, 1.82) is 0 Å². The summed E-state index contributed by atoms with van der Waals surface area (Å²) in [5.74, 6) is -1.90. The van der Waals surface area contributed by atoms with Gasteiger partial charge in [0, 0.05) is 12.8 Å². The highest BCUT2D eigenvalue weighted by molar-refractivity contribution is 7.45. The minimum absolute atomic E-state index is 0.0632. The second-order valence-corrected chi connectivity index (χ2v) is 3.18. The van der Waals surface area contributed by atoms with E-state index in [1.54, 1.807) is 0 Å². The van der Waals surface area contributed by atoms with Crippen molar-refractivity contribution in [2.75, 3.05) is 0 Å². The summed E-state index contributed by atoms with van der Waals surface area (Å²) in [6.07, 6.45) is 0.0866. The summed E-state index contributed by atoms with van der Waals surface area (Å²) in [6, 6.07) is 0. The third-order valence-corrected chi connectivity index (χ3v) is 0.781. The van der Waals surface area contributed by atoms with Gasteiger partial charge in [-0.1, -0.05) is 0 Å². The second-order valence-electron chi connectivity index (χ2n) is 2.15. The molecule has 0 saturated carbocycles. The highest BCUT2D eigenvalue weighted by atomic mass is 31.2. The van der Waals surface area contributed by atoms with Gasteiger partial charge in [0.25, 0.3) is 0 Å². The van der Waals surface area contributed by atoms with Gasteiger partial charge in [0.1, 0.15) is 0 Å². The van der Waals surface area contributed by atoms with Crippen LogP contribution in [0.25, 0.3) is 0 Å². The van der Waals surface area contributed by atoms with Crippen LogP contribution < -0.4 is 0 Å². The number of carbonyl (C=O) groups is 2. The molecule has 0 bridgehead atoms. The van der Waals surface area contributed by atoms with Crippen LogP contribution in [0.5, 0.6) is 0 Å². The molecule has 14 heavy (non-hydrogen) atoms. The van der Waals surface area contributed by atoms with E-state index in [0.717, 1.165) is 0 Å². The molecule has 0 radical (unpaired) electrons. The largest absolute Gasteiger partial charge is 0.481 e. The molecule has 0 rings (SSSR count). The number of hydrogen-bond donors (Lipinski definition) is 5. The van der Waals surface area contributed by atoms with E-state index in [2.05, 4.69) is 0 Å². The molecule has 0 fully saturated rings. The fraction of sp³-hybridized carbons (Fsp3) is 0.600. The van der Waals surface area contributed by atoms with Gasteiger partial charge in [0.15, 0.2) is 0 Å². The molecular formula is C5H11O8P. The van der Waals surface area contributed by atoms with Crippen molar-refractivity contribution in [2.24, 2.45) is 0 Å². The first-order valence-electron chi connectivity index (χ1n) is 3.35. The summed E-state index contributed by atoms with van der Waals surface area (Å²) in [5.41, 5.74) is 0. The summed E-state index contributed by atoms with van der Waals surface area (Å²) < 4.78 is 8.88. The molecule has 84 valence electrons. The first-order chi connectivity index (χ1) is 6.13. The maximum Gasteiger partial charge on any atom is 0.466 e. The molecular weight excluding hydrogens is 219 g/mol. The number of phosphoric acid groups is 1. The maximum absolute atomic E-state index is 9.79. The Morgan fingerprint density at radius 2 is 1.14 bits per heavy atom. The molecule has 0 heterocycles. The quantitative estimate of drug-likeness (QED) is 0.401. The third-order valence-electron chi connectivity index (χ3n) is 0.781. The topological polar surface area (TPSA) is 152 Å². The van der Waals surface area contributed by atoms with E-state index >= 15 is 0 Å². The van der Waals surface area contributed by atoms with Gasteiger partial charge in [-0.2, -0.15) is 0 Å². The van der Waals surface area contributed by atoms with Crippen molar-refractivity contribution in [3.63, 3.8) is 0 Å². The second kappa shape index (κ2) is 7.45. The minimum Gasteiger partial charge on any atom is -0.481 e. The predicted molar refractivity (Wildman–Crippen MR) is 43.4 cm³/mol. The SMILES string of the molecule is O=C(O)CCCC(=O)O.O=P(O)(O)O. The predicted octanol–water partition coefficient (Wildman–Crippen LogP) is -0.603. The van der Waals surface area contributed by atoms with Gasteiger partial charge in [0.2, 0.25) is 0 Å². The maximum atomic E-state index is 9.79. The van der Waals surface area contributed by atoms with Gasteiger partial charge in [0.05, 0.1) is 0 Å². The molecule has 0 atom stereocenters. The molecule has 0 saturated heterocycles. The molecule has 0 aliphatic carbocycles. The molecule has 0 aromatic carbocycles. The zero-order valence-electron chi connectivity index (χ0n) is 7.03. The molecule has 5 N–H and O–H groups in total. The summed E-state index contributed by atoms with van der Waals surface area (Å²) in [5, 5.41) is 16.1. The van der Waals surface area contributed by atoms with Crippen LogP contribution in [0.4, 0.5) is 0 Å². The summed E-state index contributed by atoms with van der Waals surface area (Å²) in [4.78, 5) is 41.1. The number of rotatable bonds is 4. The summed E-state index contributed by atoms with van der Waals surface area (Å²) in [6.45, 7) is 0. The lowest BCUT2D eigenvalue weighted by Gasteiger charge is -1.89. The van der Waals surface area contributed by atoms with Crippen molar-refractivity contribution < 1.29 is 39.0 Å². The average molecular weight is 230 g/mol. The smallest absolute Gasteiger partial charge is 0.466 e. The average Bonchev–Trinajstić information content (AvgIpc) is 1.80. The first kappa shape index (κ1) is 15.5. The van der Waals surface area contributed by atoms with Crippen LogP contribution in [0.3, 0.4) is 0 Å². The molecule has 8 nitrogen and oxygen atoms in total. The standard InChI is InChI=1S/C5H8O4.H3O4P/c6-4(7)2-1-3-5(8)9;1-5(2,3)4/h1-3H2,(H,6,7)(H,8,9);(H3,1,2,3,4). The molecule has 0 spiro atoms. The van der Waals surface area contributed by atoms with Crippen LogP contribution in [-0.4, -0.2) is 36.8 Å². The Morgan fingerprint density at radius 3 is 1.29 bits per heavy atom. The molecule has 0 unspecified atom stereocenters. The number of aliphatic carboxylic acids is 2. The number of carboxylic acids is 2. The van der Waals surface area contributed by atoms with Crippen molar-refractivity contribution >= 4 is 19.8 Å². The van der Waals surface area contributed by atoms with Gasteiger partial charge in [-0.15, -0.1) is 0 Å². The van der Waals surface area contributed by atoms with Crippen molar-refractivity contribution in [2.45, 2.75) is 19.3 Å². The lowest BCUT2D eigenvalue weighted by Crippen LogP contribution is -1.98. The summed E-state index contributed by atoms with van der Waals surface area (Å²) >= 11 is 0. The Balaban J connectivity index is 0. The Bertz CT molecular complexity index is 208. The zero-order valence-corrected chi connectivity index (χ0v) is 7.92. The van der Waals surface area contributed by atoms with E-state index in [4.69, 9.17) is 29.5 Å². The molecule has 0 aliphatic rings. The minimum atomic E-state index is -4.64. The zero-order chi connectivity index (χ0) is 11.8. The Labute approximate surface area is 79.0 Å². The van der Waals surface area contributed by atoms with E-state index < -0.39 is 19.8 Å². The highest BCUT2D eigenvalue weighted by Crippen LogP contribution is 2.25. The lowest BCUT2D eigenvalue weighted by atomic mass is 10.2. The van der Waals surface area contributed by atoms with Crippen LogP contribution in [0.1, 0.15) is 19.3 Å². The van der Waals surface area contributed by atoms with Gasteiger partial charge >= 0.3 is 19.8 Å². The third kappa shape index (κ3) is 43.8. The molecule has 0 aliphatic heterocycles. The van der Waals surface area contributed by atoms with Crippen LogP contribution in [-0.2, 0) is 14.2 Å². The molecule has 0 amide bonds. The molecule has 0 aromatic heterocycles. The van der Waals surface area contributed by atoms with Gasteiger partial charge in [-0.05, 0) is 6.42 Å². The van der Waals surface area contributed by atoms with E-state index in [-0.39, 0.29) is 19.3 Å². The fourth-order valence-corrected chi connectivity index (χ4v) is 0.391. The number of hydrogen-bond acceptors (Lipinski definition) is 3. The van der Waals surface area contributed by atoms with E-state index in [9.17, 15) is 9.59 Å². The molecule has 0 aromatic rings. The van der Waals surface area contributed by atoms with E-state index in [1.807, 2.05) is 0 Å². The summed E-state index contributed by atoms with van der Waals surface area (Å²) in [7, 11) is -4.64. The van der Waals surface area contributed by atoms with E-state index in [1.165, 1.54) is 0 Å². The van der Waals surface area contributed by atoms with Crippen LogP contribution >= 0.6 is 7.82 Å². The Kier molecular flexibility index (Phi) is 8.26. The van der Waals surface area contributed by atoms with E-state index in [0.29, 0.717) is 0 Å². The van der Waals surface area contributed by atoms with Crippen LogP contribution in [0, 0.1) is 0 Å². The van der Waals surface area contributed by atoms with Gasteiger partial charge < -0.3 is 24.9 Å². The highest BCUT2D eigenvalue weighted by Gasteiger charge is 2.00. The fourth-order valence-electron chi connectivity index (χ4n) is 0.391. The Hall–Kier alpha value is -0.950. The van der Waals surface area contributed by atoms with Crippen molar-refractivity contribution in [3.8, 4) is 0 Å². The monoisotopic (exact) mass is 230 g/mol. The first-order valence-corrected chi connectivity index (χ1v) is 4.91. The normalized spacial score (nSPS) is 9.93. The van der Waals surface area contributed by atoms with Crippen LogP contribution in [0.15, 0.2) is 0 Å². The lowest BCUT2D eigenvalue weighted by molar-refractivity contribution is -0.138. The van der Waals surface area contributed by atoms with Gasteiger partial charge in [-0.25, -0.2) is 4.57 Å². The van der Waals surface area contributed by atoms with Gasteiger partial charge in [-0.3, -0.25) is 9.59 Å².